The van der Waals surface area contributed by atoms with Gasteiger partial charge in [0, 0.05) is 6.20 Å². The Balaban J connectivity index is 2.81. The first-order valence-corrected chi connectivity index (χ1v) is 3.32. The number of hydrogen-bond acceptors (Lipinski definition) is 4. The predicted molar refractivity (Wildman–Crippen MR) is 42.7 cm³/mol. The molecule has 1 rings (SSSR count). The quantitative estimate of drug-likeness (QED) is 0.542. The summed E-state index contributed by atoms with van der Waals surface area (Å²) < 4.78 is 0. The first-order chi connectivity index (χ1) is 5.24. The van der Waals surface area contributed by atoms with Crippen LogP contribution in [0.4, 0.5) is 5.82 Å². The summed E-state index contributed by atoms with van der Waals surface area (Å²) >= 11 is 0. The van der Waals surface area contributed by atoms with Crippen molar-refractivity contribution in [3.63, 3.8) is 0 Å². The van der Waals surface area contributed by atoms with Crippen LogP contribution in [0.15, 0.2) is 18.3 Å². The number of aromatic nitrogens is 1. The van der Waals surface area contributed by atoms with Crippen molar-refractivity contribution in [1.82, 2.24) is 4.98 Å². The molecule has 0 spiro atoms. The Hall–Kier alpha value is -1.13. The van der Waals surface area contributed by atoms with Gasteiger partial charge in [-0.15, -0.1) is 0 Å². The normalized spacial score (nSPS) is 12.9. The molecule has 1 atom stereocenters. The summed E-state index contributed by atoms with van der Waals surface area (Å²) in [5, 5.41) is 8.67. The van der Waals surface area contributed by atoms with E-state index in [9.17, 15) is 0 Å². The Morgan fingerprint density at radius 1 is 1.55 bits per heavy atom. The molecule has 4 heteroatoms. The lowest BCUT2D eigenvalue weighted by Gasteiger charge is -2.06. The van der Waals surface area contributed by atoms with Crippen molar-refractivity contribution in [2.45, 2.75) is 6.04 Å². The number of anilines is 1. The SMILES string of the molecule is Nc1ccc([C@H](N)CO)cn1. The maximum Gasteiger partial charge on any atom is 0.123 e. The number of hydrogen-bond donors (Lipinski definition) is 3. The van der Waals surface area contributed by atoms with Gasteiger partial charge in [0.15, 0.2) is 0 Å². The molecule has 0 aliphatic heterocycles. The molecule has 5 N–H and O–H groups in total. The molecule has 0 aliphatic rings. The molecule has 1 aromatic heterocycles. The molecule has 0 radical (unpaired) electrons. The first-order valence-electron chi connectivity index (χ1n) is 3.32. The van der Waals surface area contributed by atoms with Gasteiger partial charge in [0.1, 0.15) is 5.82 Å². The van der Waals surface area contributed by atoms with E-state index in [-0.39, 0.29) is 12.6 Å². The van der Waals surface area contributed by atoms with Crippen LogP contribution in [-0.4, -0.2) is 16.7 Å². The zero-order chi connectivity index (χ0) is 8.27. The second kappa shape index (κ2) is 3.32. The summed E-state index contributed by atoms with van der Waals surface area (Å²) in [5.74, 6) is 0.457. The third-order valence-electron chi connectivity index (χ3n) is 1.43. The lowest BCUT2D eigenvalue weighted by Crippen LogP contribution is -2.14. The molecule has 1 aromatic rings. The highest BCUT2D eigenvalue weighted by molar-refractivity contribution is 5.30. The van der Waals surface area contributed by atoms with Gasteiger partial charge in [0.05, 0.1) is 12.6 Å². The lowest BCUT2D eigenvalue weighted by atomic mass is 10.1. The van der Waals surface area contributed by atoms with Gasteiger partial charge < -0.3 is 16.6 Å². The minimum Gasteiger partial charge on any atom is -0.394 e. The van der Waals surface area contributed by atoms with Crippen molar-refractivity contribution in [2.75, 3.05) is 12.3 Å². The number of pyridine rings is 1. The molecule has 0 bridgehead atoms. The van der Waals surface area contributed by atoms with E-state index in [4.69, 9.17) is 16.6 Å². The maximum atomic E-state index is 8.67. The fourth-order valence-electron chi connectivity index (χ4n) is 0.741. The van der Waals surface area contributed by atoms with Crippen molar-refractivity contribution >= 4 is 5.82 Å². The molecule has 0 saturated heterocycles. The van der Waals surface area contributed by atoms with Crippen LogP contribution < -0.4 is 11.5 Å². The summed E-state index contributed by atoms with van der Waals surface area (Å²) in [6, 6.07) is 3.05. The smallest absolute Gasteiger partial charge is 0.123 e. The van der Waals surface area contributed by atoms with Crippen LogP contribution in [0, 0.1) is 0 Å². The summed E-state index contributed by atoms with van der Waals surface area (Å²) in [6.45, 7) is -0.0778. The highest BCUT2D eigenvalue weighted by Crippen LogP contribution is 2.08. The summed E-state index contributed by atoms with van der Waals surface area (Å²) in [5.41, 5.74) is 11.7. The molecule has 1 heterocycles. The Bertz CT molecular complexity index is 222. The van der Waals surface area contributed by atoms with Gasteiger partial charge in [-0.1, -0.05) is 6.07 Å². The first kappa shape index (κ1) is 7.97. The van der Waals surface area contributed by atoms with Crippen LogP contribution in [0.3, 0.4) is 0 Å². The number of rotatable bonds is 2. The van der Waals surface area contributed by atoms with E-state index in [2.05, 4.69) is 4.98 Å². The van der Waals surface area contributed by atoms with E-state index in [1.165, 1.54) is 0 Å². The molecule has 0 aliphatic carbocycles. The van der Waals surface area contributed by atoms with Crippen molar-refractivity contribution < 1.29 is 5.11 Å². The fourth-order valence-corrected chi connectivity index (χ4v) is 0.741. The van der Waals surface area contributed by atoms with Crippen LogP contribution in [0.5, 0.6) is 0 Å². The van der Waals surface area contributed by atoms with E-state index in [1.807, 2.05) is 0 Å². The van der Waals surface area contributed by atoms with Crippen LogP contribution in [-0.2, 0) is 0 Å². The standard InChI is InChI=1S/C7H11N3O/c8-6(4-11)5-1-2-7(9)10-3-5/h1-3,6,11H,4,8H2,(H2,9,10)/t6-/m1/s1. The molecule has 4 nitrogen and oxygen atoms in total. The van der Waals surface area contributed by atoms with E-state index in [0.29, 0.717) is 5.82 Å². The van der Waals surface area contributed by atoms with E-state index in [0.717, 1.165) is 5.56 Å². The van der Waals surface area contributed by atoms with Crippen LogP contribution in [0.1, 0.15) is 11.6 Å². The van der Waals surface area contributed by atoms with E-state index in [1.54, 1.807) is 18.3 Å². The van der Waals surface area contributed by atoms with Crippen molar-refractivity contribution in [2.24, 2.45) is 5.73 Å². The Kier molecular flexibility index (Phi) is 2.40. The van der Waals surface area contributed by atoms with Gasteiger partial charge in [-0.25, -0.2) is 4.98 Å². The number of aliphatic hydroxyl groups excluding tert-OH is 1. The molecule has 0 aromatic carbocycles. The van der Waals surface area contributed by atoms with Gasteiger partial charge in [-0.2, -0.15) is 0 Å². The zero-order valence-corrected chi connectivity index (χ0v) is 6.07. The summed E-state index contributed by atoms with van der Waals surface area (Å²) in [6.07, 6.45) is 1.57. The third-order valence-corrected chi connectivity index (χ3v) is 1.43. The van der Waals surface area contributed by atoms with Crippen LogP contribution >= 0.6 is 0 Å². The third kappa shape index (κ3) is 1.89. The Labute approximate surface area is 64.9 Å². The largest absolute Gasteiger partial charge is 0.394 e. The second-order valence-corrected chi connectivity index (χ2v) is 2.31. The second-order valence-electron chi connectivity index (χ2n) is 2.31. The molecular formula is C7H11N3O. The van der Waals surface area contributed by atoms with Gasteiger partial charge in [-0.3, -0.25) is 0 Å². The monoisotopic (exact) mass is 153 g/mol. The number of nitrogens with zero attached hydrogens (tertiary/aromatic N) is 1. The van der Waals surface area contributed by atoms with Crippen LogP contribution in [0.25, 0.3) is 0 Å². The van der Waals surface area contributed by atoms with Crippen LogP contribution in [0.2, 0.25) is 0 Å². The molecule has 0 fully saturated rings. The van der Waals surface area contributed by atoms with Crippen molar-refractivity contribution in [1.29, 1.82) is 0 Å². The Morgan fingerprint density at radius 3 is 2.73 bits per heavy atom. The number of nitrogens with two attached hydrogens (primary N) is 2. The highest BCUT2D eigenvalue weighted by atomic mass is 16.3. The van der Waals surface area contributed by atoms with Gasteiger partial charge in [0.25, 0.3) is 0 Å². The average Bonchev–Trinajstić information content (AvgIpc) is 2.05. The zero-order valence-electron chi connectivity index (χ0n) is 6.07. The molecule has 0 saturated carbocycles. The molecule has 0 unspecified atom stereocenters. The predicted octanol–water partition coefficient (Wildman–Crippen LogP) is -0.344. The van der Waals surface area contributed by atoms with Crippen molar-refractivity contribution in [3.8, 4) is 0 Å². The Morgan fingerprint density at radius 2 is 2.27 bits per heavy atom. The topological polar surface area (TPSA) is 85.2 Å². The summed E-state index contributed by atoms with van der Waals surface area (Å²) in [7, 11) is 0. The van der Waals surface area contributed by atoms with E-state index >= 15 is 0 Å². The maximum absolute atomic E-state index is 8.67. The van der Waals surface area contributed by atoms with Gasteiger partial charge in [0.2, 0.25) is 0 Å². The van der Waals surface area contributed by atoms with Crippen molar-refractivity contribution in [3.05, 3.63) is 23.9 Å². The molecule has 11 heavy (non-hydrogen) atoms. The van der Waals surface area contributed by atoms with Gasteiger partial charge in [-0.05, 0) is 11.6 Å². The summed E-state index contributed by atoms with van der Waals surface area (Å²) in [4.78, 5) is 3.83. The molecular weight excluding hydrogens is 142 g/mol. The highest BCUT2D eigenvalue weighted by Gasteiger charge is 2.02. The fraction of sp³-hybridized carbons (Fsp3) is 0.286. The molecule has 60 valence electrons. The lowest BCUT2D eigenvalue weighted by molar-refractivity contribution is 0.268. The molecule has 0 amide bonds. The van der Waals surface area contributed by atoms with E-state index < -0.39 is 0 Å². The number of nitrogen functional groups attached to an aromatic ring is 1. The van der Waals surface area contributed by atoms with Gasteiger partial charge >= 0.3 is 0 Å². The minimum absolute atomic E-state index is 0.0778. The number of aliphatic hydroxyl groups is 1. The average molecular weight is 153 g/mol. The minimum atomic E-state index is -0.358.